The quantitative estimate of drug-likeness (QED) is 0.754. The van der Waals surface area contributed by atoms with Crippen molar-refractivity contribution in [2.45, 2.75) is 37.3 Å². The van der Waals surface area contributed by atoms with Crippen molar-refractivity contribution in [3.8, 4) is 0 Å². The molecule has 1 saturated heterocycles. The Kier molecular flexibility index (Phi) is 6.28. The van der Waals surface area contributed by atoms with Crippen molar-refractivity contribution in [1.82, 2.24) is 4.72 Å². The van der Waals surface area contributed by atoms with E-state index in [2.05, 4.69) is 11.6 Å². The highest BCUT2D eigenvalue weighted by Gasteiger charge is 2.30. The lowest BCUT2D eigenvalue weighted by Crippen LogP contribution is -3.13. The minimum Gasteiger partial charge on any atom is -0.335 e. The van der Waals surface area contributed by atoms with E-state index in [1.165, 1.54) is 17.7 Å². The number of nitrogens with one attached hydrogen (secondary N) is 2. The summed E-state index contributed by atoms with van der Waals surface area (Å²) in [7, 11) is -3.76. The second-order valence-corrected chi connectivity index (χ2v) is 8.22. The summed E-state index contributed by atoms with van der Waals surface area (Å²) in [5, 5.41) is 0. The highest BCUT2D eigenvalue weighted by atomic mass is 32.2. The van der Waals surface area contributed by atoms with Gasteiger partial charge in [-0.1, -0.05) is 6.92 Å². The minimum atomic E-state index is -4.47. The number of alkyl halides is 3. The smallest absolute Gasteiger partial charge is 0.335 e. The number of halogens is 3. The van der Waals surface area contributed by atoms with Crippen molar-refractivity contribution in [1.29, 1.82) is 0 Å². The van der Waals surface area contributed by atoms with Crippen molar-refractivity contribution in [2.75, 3.05) is 26.2 Å². The Labute approximate surface area is 141 Å². The minimum absolute atomic E-state index is 0.144. The standard InChI is InChI=1S/C16H23F3N2O2S/c1-13-7-11-21(12-8-13)10-2-9-20-24(22,23)15-5-3-14(4-6-15)16(17,18)19/h3-6,13,20H,2,7-12H2,1H3/p+1. The Morgan fingerprint density at radius 3 is 2.29 bits per heavy atom. The monoisotopic (exact) mass is 365 g/mol. The average Bonchev–Trinajstić information content (AvgIpc) is 2.52. The molecule has 2 N–H and O–H groups in total. The van der Waals surface area contributed by atoms with Gasteiger partial charge in [0.2, 0.25) is 10.0 Å². The predicted octanol–water partition coefficient (Wildman–Crippen LogP) is 1.69. The van der Waals surface area contributed by atoms with E-state index < -0.39 is 21.8 Å². The van der Waals surface area contributed by atoms with Crippen molar-refractivity contribution >= 4 is 10.0 Å². The molecule has 0 aliphatic carbocycles. The summed E-state index contributed by atoms with van der Waals surface area (Å²) in [5.74, 6) is 0.770. The second kappa shape index (κ2) is 7.84. The lowest BCUT2D eigenvalue weighted by atomic mass is 9.99. The first-order valence-corrected chi connectivity index (χ1v) is 9.67. The van der Waals surface area contributed by atoms with E-state index in [1.54, 1.807) is 0 Å². The van der Waals surface area contributed by atoms with Crippen molar-refractivity contribution < 1.29 is 26.5 Å². The third-order valence-electron chi connectivity index (χ3n) is 4.47. The Morgan fingerprint density at radius 2 is 1.75 bits per heavy atom. The zero-order chi connectivity index (χ0) is 17.8. The normalized spacial score (nSPS) is 22.5. The number of quaternary nitrogens is 1. The van der Waals surface area contributed by atoms with Gasteiger partial charge in [-0.25, -0.2) is 13.1 Å². The van der Waals surface area contributed by atoms with E-state index in [-0.39, 0.29) is 4.90 Å². The predicted molar refractivity (Wildman–Crippen MR) is 85.2 cm³/mol. The highest BCUT2D eigenvalue weighted by molar-refractivity contribution is 7.89. The van der Waals surface area contributed by atoms with Crippen LogP contribution in [0.3, 0.4) is 0 Å². The maximum atomic E-state index is 12.5. The molecule has 1 aliphatic rings. The first kappa shape index (κ1) is 19.2. The molecule has 0 amide bonds. The van der Waals surface area contributed by atoms with Crippen LogP contribution in [0, 0.1) is 5.92 Å². The van der Waals surface area contributed by atoms with Crippen LogP contribution < -0.4 is 9.62 Å². The summed E-state index contributed by atoms with van der Waals surface area (Å²) in [6.45, 7) is 5.68. The van der Waals surface area contributed by atoms with Crippen LogP contribution in [0.2, 0.25) is 0 Å². The molecule has 1 fully saturated rings. The van der Waals surface area contributed by atoms with Gasteiger partial charge in [-0.05, 0) is 43.0 Å². The van der Waals surface area contributed by atoms with Gasteiger partial charge >= 0.3 is 6.18 Å². The summed E-state index contributed by atoms with van der Waals surface area (Å²) < 4.78 is 64.1. The average molecular weight is 365 g/mol. The molecule has 0 spiro atoms. The van der Waals surface area contributed by atoms with E-state index in [0.29, 0.717) is 13.0 Å². The molecular formula is C16H24F3N2O2S+. The van der Waals surface area contributed by atoms with Crippen molar-refractivity contribution in [2.24, 2.45) is 5.92 Å². The maximum absolute atomic E-state index is 12.5. The second-order valence-electron chi connectivity index (χ2n) is 6.46. The molecular weight excluding hydrogens is 341 g/mol. The SMILES string of the molecule is CC1CC[NH+](CCCNS(=O)(=O)c2ccc(C(F)(F)F)cc2)CC1. The number of benzene rings is 1. The van der Waals surface area contributed by atoms with Gasteiger partial charge in [0.15, 0.2) is 0 Å². The largest absolute Gasteiger partial charge is 0.416 e. The van der Waals surface area contributed by atoms with E-state index in [0.717, 1.165) is 49.8 Å². The van der Waals surface area contributed by atoms with E-state index in [9.17, 15) is 21.6 Å². The molecule has 1 aromatic rings. The fourth-order valence-corrected chi connectivity index (χ4v) is 3.95. The molecule has 0 aromatic heterocycles. The van der Waals surface area contributed by atoms with Crippen LogP contribution in [0.5, 0.6) is 0 Å². The molecule has 136 valence electrons. The Bertz CT molecular complexity index is 622. The van der Waals surface area contributed by atoms with Crippen molar-refractivity contribution in [3.63, 3.8) is 0 Å². The van der Waals surface area contributed by atoms with E-state index in [4.69, 9.17) is 0 Å². The molecule has 8 heteroatoms. The lowest BCUT2D eigenvalue weighted by Gasteiger charge is -2.27. The zero-order valence-electron chi connectivity index (χ0n) is 13.7. The molecule has 0 radical (unpaired) electrons. The molecule has 2 rings (SSSR count). The van der Waals surface area contributed by atoms with Crippen LogP contribution in [0.25, 0.3) is 0 Å². The number of rotatable bonds is 6. The molecule has 1 aromatic carbocycles. The maximum Gasteiger partial charge on any atom is 0.416 e. The van der Waals surface area contributed by atoms with Gasteiger partial charge in [0.1, 0.15) is 0 Å². The van der Waals surface area contributed by atoms with E-state index in [1.807, 2.05) is 0 Å². The molecule has 0 bridgehead atoms. The summed E-state index contributed by atoms with van der Waals surface area (Å²) in [6, 6.07) is 3.55. The third kappa shape index (κ3) is 5.46. The van der Waals surface area contributed by atoms with Crippen LogP contribution in [0.1, 0.15) is 31.7 Å². The zero-order valence-corrected chi connectivity index (χ0v) is 14.5. The summed E-state index contributed by atoms with van der Waals surface area (Å²) >= 11 is 0. The molecule has 0 saturated carbocycles. The number of sulfonamides is 1. The third-order valence-corrected chi connectivity index (χ3v) is 5.95. The van der Waals surface area contributed by atoms with Gasteiger partial charge < -0.3 is 4.90 Å². The first-order chi connectivity index (χ1) is 11.2. The van der Waals surface area contributed by atoms with Crippen LogP contribution in [0.15, 0.2) is 29.2 Å². The molecule has 4 nitrogen and oxygen atoms in total. The van der Waals surface area contributed by atoms with Gasteiger partial charge in [0, 0.05) is 13.0 Å². The molecule has 1 aliphatic heterocycles. The molecule has 1 heterocycles. The number of likely N-dealkylation sites (tertiary alicyclic amines) is 1. The van der Waals surface area contributed by atoms with Crippen LogP contribution in [-0.4, -0.2) is 34.6 Å². The van der Waals surface area contributed by atoms with Crippen LogP contribution in [-0.2, 0) is 16.2 Å². The van der Waals surface area contributed by atoms with Gasteiger partial charge in [-0.2, -0.15) is 13.2 Å². The van der Waals surface area contributed by atoms with Gasteiger partial charge in [-0.15, -0.1) is 0 Å². The van der Waals surface area contributed by atoms with Crippen LogP contribution in [0.4, 0.5) is 13.2 Å². The first-order valence-electron chi connectivity index (χ1n) is 8.19. The number of piperidine rings is 1. The van der Waals surface area contributed by atoms with Crippen molar-refractivity contribution in [3.05, 3.63) is 29.8 Å². The highest BCUT2D eigenvalue weighted by Crippen LogP contribution is 2.29. The van der Waals surface area contributed by atoms with Gasteiger partial charge in [-0.3, -0.25) is 0 Å². The Balaban J connectivity index is 1.81. The van der Waals surface area contributed by atoms with E-state index >= 15 is 0 Å². The summed E-state index contributed by atoms with van der Waals surface area (Å²) in [6.07, 6.45) is -1.35. The molecule has 0 atom stereocenters. The fourth-order valence-electron chi connectivity index (χ4n) is 2.87. The summed E-state index contributed by atoms with van der Waals surface area (Å²) in [5.41, 5.74) is -0.857. The number of hydrogen-bond acceptors (Lipinski definition) is 2. The molecule has 24 heavy (non-hydrogen) atoms. The molecule has 0 unspecified atom stereocenters. The van der Waals surface area contributed by atoms with Gasteiger partial charge in [0.05, 0.1) is 30.1 Å². The van der Waals surface area contributed by atoms with Gasteiger partial charge in [0.25, 0.3) is 0 Å². The fraction of sp³-hybridized carbons (Fsp3) is 0.625. The summed E-state index contributed by atoms with van der Waals surface area (Å²) in [4.78, 5) is 1.34. The Morgan fingerprint density at radius 1 is 1.17 bits per heavy atom. The lowest BCUT2D eigenvalue weighted by molar-refractivity contribution is -0.906. The van der Waals surface area contributed by atoms with Crippen LogP contribution >= 0.6 is 0 Å². The Hall–Kier alpha value is -1.12. The topological polar surface area (TPSA) is 50.6 Å². The number of hydrogen-bond donors (Lipinski definition) is 2.